The molecule has 0 atom stereocenters. The Morgan fingerprint density at radius 3 is 1.90 bits per heavy atom. The Morgan fingerprint density at radius 1 is 0.731 bits per heavy atom. The van der Waals surface area contributed by atoms with Gasteiger partial charge in [0.15, 0.2) is 0 Å². The summed E-state index contributed by atoms with van der Waals surface area (Å²) in [5.41, 5.74) is 11.3. The molecule has 12 heteroatoms. The number of halogens is 4. The maximum atomic E-state index is 14.3. The van der Waals surface area contributed by atoms with Crippen LogP contribution in [0.1, 0.15) is 46.6 Å². The standard InChI is InChI=1S/C20H20FN3.C13H12F2N2.C6H6BrN.CH4.B2H3/c1-13-6-8-22-11-19(13)24-9-7-17-15(12-24)10-18(23-17)20-14(2)4-3-5-16(20)21;14-9-2-1-3-10(15)13(9)12-6-8-7-16-5-4-11(8)17-12;1-5-2-3-8-4-6(5)7;;1-2/h3-6,8,10-11,23H,7,9,12H2,1-2H3;1-3,6,16-17H,4-5,7H2;2-4H,1H3;1H4;1H3/q;;;;-1. The number of aromatic amines is 2. The van der Waals surface area contributed by atoms with Gasteiger partial charge >= 0.3 is 0 Å². The van der Waals surface area contributed by atoms with E-state index in [1.54, 1.807) is 18.5 Å². The van der Waals surface area contributed by atoms with E-state index in [0.29, 0.717) is 11.3 Å². The number of pyridine rings is 2. The topological polar surface area (TPSA) is 72.6 Å². The molecule has 6 aromatic rings. The molecule has 0 amide bonds. The molecule has 0 saturated heterocycles. The lowest BCUT2D eigenvalue weighted by molar-refractivity contribution is 0.588. The molecule has 2 aromatic carbocycles. The van der Waals surface area contributed by atoms with Crippen molar-refractivity contribution in [3.8, 4) is 22.5 Å². The normalized spacial score (nSPS) is 12.7. The molecule has 52 heavy (non-hydrogen) atoms. The number of hydrogen-bond acceptors (Lipinski definition) is 4. The number of benzene rings is 2. The fourth-order valence-electron chi connectivity index (χ4n) is 6.23. The lowest BCUT2D eigenvalue weighted by Gasteiger charge is -2.29. The third kappa shape index (κ3) is 9.46. The van der Waals surface area contributed by atoms with Crippen molar-refractivity contribution in [2.75, 3.05) is 18.0 Å². The van der Waals surface area contributed by atoms with Crippen LogP contribution in [0.2, 0.25) is 0 Å². The van der Waals surface area contributed by atoms with Crippen LogP contribution >= 0.6 is 15.9 Å². The molecule has 0 spiro atoms. The first-order valence-electron chi connectivity index (χ1n) is 16.2. The highest BCUT2D eigenvalue weighted by atomic mass is 79.9. The van der Waals surface area contributed by atoms with E-state index >= 15 is 0 Å². The van der Waals surface area contributed by atoms with Gasteiger partial charge < -0.3 is 20.2 Å². The van der Waals surface area contributed by atoms with Crippen molar-refractivity contribution < 1.29 is 13.2 Å². The van der Waals surface area contributed by atoms with Crippen molar-refractivity contribution in [2.45, 2.75) is 54.1 Å². The molecule has 6 heterocycles. The van der Waals surface area contributed by atoms with Crippen LogP contribution in [0.5, 0.6) is 0 Å². The van der Waals surface area contributed by atoms with Gasteiger partial charge in [0, 0.05) is 84.7 Å². The van der Waals surface area contributed by atoms with Crippen molar-refractivity contribution in [3.63, 3.8) is 0 Å². The van der Waals surface area contributed by atoms with E-state index in [2.05, 4.69) is 59.1 Å². The Morgan fingerprint density at radius 2 is 1.31 bits per heavy atom. The molecule has 8 rings (SSSR count). The average Bonchev–Trinajstić information content (AvgIpc) is 3.75. The van der Waals surface area contributed by atoms with Gasteiger partial charge in [-0.3, -0.25) is 9.97 Å². The van der Waals surface area contributed by atoms with E-state index in [-0.39, 0.29) is 26.5 Å². The zero-order valence-electron chi connectivity index (χ0n) is 28.3. The SMILES string of the molecule is C.Cc1ccncc1Br.Cc1ccncc1N1CCc2[nH]c(-c3c(C)cccc3F)cc2C1.Fc1cccc(F)c1-c1cc2c([nH]1)CCNC2.[B][BH3-]. The van der Waals surface area contributed by atoms with Crippen LogP contribution in [-0.4, -0.2) is 48.5 Å². The number of fused-ring (bicyclic) bond motifs is 2. The number of anilines is 1. The van der Waals surface area contributed by atoms with Gasteiger partial charge in [-0.15, -0.1) is 0 Å². The zero-order valence-corrected chi connectivity index (χ0v) is 29.8. The van der Waals surface area contributed by atoms with E-state index < -0.39 is 11.6 Å². The summed E-state index contributed by atoms with van der Waals surface area (Å²) in [4.78, 5) is 17.0. The minimum absolute atomic E-state index is 0. The molecule has 0 saturated carbocycles. The number of nitrogens with one attached hydrogen (secondary N) is 3. The van der Waals surface area contributed by atoms with Crippen molar-refractivity contribution in [1.82, 2.24) is 25.3 Å². The Kier molecular flexibility index (Phi) is 14.5. The lowest BCUT2D eigenvalue weighted by atomic mass is 9.81. The molecule has 2 aliphatic rings. The van der Waals surface area contributed by atoms with E-state index in [1.165, 1.54) is 52.3 Å². The minimum Gasteiger partial charge on any atom is -0.365 e. The van der Waals surface area contributed by atoms with Gasteiger partial charge in [0.25, 0.3) is 0 Å². The highest BCUT2D eigenvalue weighted by Crippen LogP contribution is 2.32. The third-order valence-corrected chi connectivity index (χ3v) is 9.72. The Labute approximate surface area is 315 Å². The van der Waals surface area contributed by atoms with E-state index in [1.807, 2.05) is 50.5 Å². The molecule has 270 valence electrons. The summed E-state index contributed by atoms with van der Waals surface area (Å²) in [5, 5.41) is 3.23. The lowest BCUT2D eigenvalue weighted by Crippen LogP contribution is -2.30. The van der Waals surface area contributed by atoms with Crippen LogP contribution in [0.25, 0.3) is 22.5 Å². The molecule has 3 N–H and O–H groups in total. The van der Waals surface area contributed by atoms with Crippen molar-refractivity contribution in [2.24, 2.45) is 0 Å². The summed E-state index contributed by atoms with van der Waals surface area (Å²) in [6.07, 6.45) is 9.11. The van der Waals surface area contributed by atoms with Crippen LogP contribution in [0.3, 0.4) is 0 Å². The first-order chi connectivity index (χ1) is 24.7. The molecule has 4 aromatic heterocycles. The minimum atomic E-state index is -0.531. The monoisotopic (exact) mass is 767 g/mol. The number of H-pyrrole nitrogens is 2. The maximum Gasteiger partial charge on any atom is 0.135 e. The Balaban J connectivity index is 0.000000188. The molecule has 2 radical (unpaired) electrons. The van der Waals surface area contributed by atoms with Crippen LogP contribution in [0.4, 0.5) is 18.9 Å². The van der Waals surface area contributed by atoms with Crippen molar-refractivity contribution in [3.05, 3.63) is 147 Å². The molecule has 0 unspecified atom stereocenters. The molecular weight excluding hydrogens is 723 g/mol. The number of aryl methyl sites for hydroxylation is 3. The Bertz CT molecular complexity index is 2000. The predicted octanol–water partition coefficient (Wildman–Crippen LogP) is 8.22. The van der Waals surface area contributed by atoms with Crippen LogP contribution < -0.4 is 10.2 Å². The van der Waals surface area contributed by atoms with Crippen molar-refractivity contribution >= 4 is 37.1 Å². The second-order valence-electron chi connectivity index (χ2n) is 12.3. The van der Waals surface area contributed by atoms with Crippen LogP contribution in [-0.2, 0) is 25.9 Å². The maximum absolute atomic E-state index is 14.3. The summed E-state index contributed by atoms with van der Waals surface area (Å²) in [7, 11) is 5.00. The van der Waals surface area contributed by atoms with Crippen LogP contribution in [0.15, 0.2) is 89.9 Å². The quantitative estimate of drug-likeness (QED) is 0.159. The van der Waals surface area contributed by atoms with Gasteiger partial charge in [-0.25, -0.2) is 13.2 Å². The first kappa shape index (κ1) is 40.2. The van der Waals surface area contributed by atoms with Crippen molar-refractivity contribution in [1.29, 1.82) is 0 Å². The Hall–Kier alpha value is -4.54. The highest BCUT2D eigenvalue weighted by Gasteiger charge is 2.22. The molecule has 0 fully saturated rings. The summed E-state index contributed by atoms with van der Waals surface area (Å²) in [6.45, 7) is 9.50. The van der Waals surface area contributed by atoms with Gasteiger partial charge in [-0.05, 0) is 107 Å². The number of nitrogens with zero attached hydrogens (tertiary/aromatic N) is 3. The first-order valence-corrected chi connectivity index (χ1v) is 17.0. The molecular formula is C40H45B2BrF3N6-. The molecule has 0 aliphatic carbocycles. The van der Waals surface area contributed by atoms with Gasteiger partial charge in [0.05, 0.1) is 23.1 Å². The number of aromatic nitrogens is 4. The number of rotatable bonds is 3. The van der Waals surface area contributed by atoms with Gasteiger partial charge in [-0.2, -0.15) is 7.74 Å². The third-order valence-electron chi connectivity index (χ3n) is 8.89. The summed E-state index contributed by atoms with van der Waals surface area (Å²) >= 11 is 3.33. The van der Waals surface area contributed by atoms with Gasteiger partial charge in [0.2, 0.25) is 0 Å². The molecule has 0 bridgehead atoms. The largest absolute Gasteiger partial charge is 0.365 e. The van der Waals surface area contributed by atoms with Gasteiger partial charge in [0.1, 0.15) is 17.5 Å². The average molecular weight is 768 g/mol. The summed E-state index contributed by atoms with van der Waals surface area (Å²) < 4.78 is 42.6. The highest BCUT2D eigenvalue weighted by molar-refractivity contribution is 9.10. The number of hydrogen-bond donors (Lipinski definition) is 3. The smallest absolute Gasteiger partial charge is 0.135 e. The summed E-state index contributed by atoms with van der Waals surface area (Å²) in [5.74, 6) is -1.23. The summed E-state index contributed by atoms with van der Waals surface area (Å²) in [6, 6.07) is 17.1. The zero-order chi connectivity index (χ0) is 36.5. The van der Waals surface area contributed by atoms with E-state index in [0.717, 1.165) is 66.0 Å². The fraction of sp³-hybridized carbons (Fsp3) is 0.250. The van der Waals surface area contributed by atoms with E-state index in [9.17, 15) is 13.2 Å². The predicted molar refractivity (Wildman–Crippen MR) is 215 cm³/mol. The molecule has 6 nitrogen and oxygen atoms in total. The van der Waals surface area contributed by atoms with E-state index in [4.69, 9.17) is 7.74 Å². The van der Waals surface area contributed by atoms with Gasteiger partial charge in [-0.1, -0.05) is 33.4 Å². The van der Waals surface area contributed by atoms with Crippen LogP contribution in [0, 0.1) is 38.2 Å². The molecule has 2 aliphatic heterocycles. The fourth-order valence-corrected chi connectivity index (χ4v) is 6.48. The second kappa shape index (κ2) is 18.8. The second-order valence-corrected chi connectivity index (χ2v) is 13.1.